The Hall–Kier alpha value is -2.80. The number of hydrogen-bond donors (Lipinski definition) is 0. The van der Waals surface area contributed by atoms with Crippen molar-refractivity contribution in [3.63, 3.8) is 0 Å². The molecule has 0 aliphatic carbocycles. The molecule has 0 saturated carbocycles. The van der Waals surface area contributed by atoms with Crippen molar-refractivity contribution in [3.8, 4) is 11.8 Å². The van der Waals surface area contributed by atoms with Gasteiger partial charge < -0.3 is 9.15 Å². The number of nitrogens with zero attached hydrogens (tertiary/aromatic N) is 2. The van der Waals surface area contributed by atoms with Gasteiger partial charge >= 0.3 is 0 Å². The SMILES string of the molecule is N#CCCCOc1ccc2nc(Cc3ccccc3)oc2c1. The maximum absolute atomic E-state index is 8.50. The largest absolute Gasteiger partial charge is 0.493 e. The number of hydrogen-bond acceptors (Lipinski definition) is 4. The maximum Gasteiger partial charge on any atom is 0.199 e. The molecular weight excluding hydrogens is 276 g/mol. The smallest absolute Gasteiger partial charge is 0.199 e. The third-order valence-corrected chi connectivity index (χ3v) is 3.30. The first-order chi connectivity index (χ1) is 10.8. The molecule has 0 spiro atoms. The number of nitriles is 1. The van der Waals surface area contributed by atoms with Crippen LogP contribution in [0.5, 0.6) is 5.75 Å². The van der Waals surface area contributed by atoms with Crippen molar-refractivity contribution in [2.45, 2.75) is 19.3 Å². The van der Waals surface area contributed by atoms with Crippen LogP contribution in [-0.2, 0) is 6.42 Å². The van der Waals surface area contributed by atoms with Crippen molar-refractivity contribution in [3.05, 3.63) is 60.0 Å². The monoisotopic (exact) mass is 292 g/mol. The summed E-state index contributed by atoms with van der Waals surface area (Å²) in [5.74, 6) is 1.44. The van der Waals surface area contributed by atoms with Crippen molar-refractivity contribution in [1.82, 2.24) is 4.98 Å². The average Bonchev–Trinajstić information content (AvgIpc) is 2.94. The van der Waals surface area contributed by atoms with Crippen molar-refractivity contribution < 1.29 is 9.15 Å². The molecule has 2 aromatic carbocycles. The molecule has 22 heavy (non-hydrogen) atoms. The summed E-state index contributed by atoms with van der Waals surface area (Å²) in [5, 5.41) is 8.50. The van der Waals surface area contributed by atoms with Gasteiger partial charge in [-0.25, -0.2) is 4.98 Å². The molecule has 4 heteroatoms. The first kappa shape index (κ1) is 14.2. The van der Waals surface area contributed by atoms with Gasteiger partial charge in [-0.1, -0.05) is 30.3 Å². The highest BCUT2D eigenvalue weighted by molar-refractivity contribution is 5.74. The number of fused-ring (bicyclic) bond motifs is 1. The van der Waals surface area contributed by atoms with Gasteiger partial charge in [0.1, 0.15) is 11.3 Å². The molecular formula is C18H16N2O2. The van der Waals surface area contributed by atoms with Crippen LogP contribution in [0, 0.1) is 11.3 Å². The summed E-state index contributed by atoms with van der Waals surface area (Å²) in [4.78, 5) is 4.49. The molecule has 0 N–H and O–H groups in total. The van der Waals surface area contributed by atoms with E-state index < -0.39 is 0 Å². The van der Waals surface area contributed by atoms with E-state index in [0.29, 0.717) is 25.3 Å². The van der Waals surface area contributed by atoms with E-state index in [-0.39, 0.29) is 0 Å². The van der Waals surface area contributed by atoms with Crippen molar-refractivity contribution in [2.75, 3.05) is 6.61 Å². The highest BCUT2D eigenvalue weighted by Crippen LogP contribution is 2.23. The van der Waals surface area contributed by atoms with Gasteiger partial charge in [0, 0.05) is 18.9 Å². The number of ether oxygens (including phenoxy) is 1. The molecule has 0 aliphatic rings. The van der Waals surface area contributed by atoms with Crippen LogP contribution in [0.1, 0.15) is 24.3 Å². The Kier molecular flexibility index (Phi) is 4.35. The standard InChI is InChI=1S/C18H16N2O2/c19-10-4-5-11-21-15-8-9-16-17(13-15)22-18(20-16)12-14-6-2-1-3-7-14/h1-3,6-9,13H,4-5,11-12H2. The van der Waals surface area contributed by atoms with Crippen molar-refractivity contribution in [2.24, 2.45) is 0 Å². The quantitative estimate of drug-likeness (QED) is 0.642. The molecule has 0 aliphatic heterocycles. The first-order valence-electron chi connectivity index (χ1n) is 7.28. The lowest BCUT2D eigenvalue weighted by Gasteiger charge is -2.03. The van der Waals surface area contributed by atoms with Gasteiger partial charge in [-0.3, -0.25) is 0 Å². The Bertz CT molecular complexity index is 788. The van der Waals surface area contributed by atoms with Crippen LogP contribution in [0.2, 0.25) is 0 Å². The summed E-state index contributed by atoms with van der Waals surface area (Å²) in [6, 6.07) is 17.8. The van der Waals surface area contributed by atoms with Gasteiger partial charge in [-0.15, -0.1) is 0 Å². The number of unbranched alkanes of at least 4 members (excludes halogenated alkanes) is 1. The van der Waals surface area contributed by atoms with Crippen molar-refractivity contribution in [1.29, 1.82) is 5.26 Å². The topological polar surface area (TPSA) is 59.0 Å². The van der Waals surface area contributed by atoms with Crippen LogP contribution in [0.4, 0.5) is 0 Å². The van der Waals surface area contributed by atoms with E-state index >= 15 is 0 Å². The Morgan fingerprint density at radius 1 is 1.14 bits per heavy atom. The molecule has 0 unspecified atom stereocenters. The molecule has 0 fully saturated rings. The first-order valence-corrected chi connectivity index (χ1v) is 7.28. The molecule has 1 heterocycles. The minimum absolute atomic E-state index is 0.506. The fourth-order valence-corrected chi connectivity index (χ4v) is 2.23. The lowest BCUT2D eigenvalue weighted by Crippen LogP contribution is -1.96. The fraction of sp³-hybridized carbons (Fsp3) is 0.222. The highest BCUT2D eigenvalue weighted by atomic mass is 16.5. The molecule has 110 valence electrons. The summed E-state index contributed by atoms with van der Waals surface area (Å²) in [6.45, 7) is 0.532. The van der Waals surface area contributed by atoms with Crippen molar-refractivity contribution >= 4 is 11.1 Å². The van der Waals surface area contributed by atoms with E-state index in [1.807, 2.05) is 36.4 Å². The van der Waals surface area contributed by atoms with E-state index in [2.05, 4.69) is 23.2 Å². The summed E-state index contributed by atoms with van der Waals surface area (Å²) >= 11 is 0. The minimum atomic E-state index is 0.506. The van der Waals surface area contributed by atoms with Gasteiger partial charge in [0.05, 0.1) is 12.7 Å². The van der Waals surface area contributed by atoms with Crippen LogP contribution in [-0.4, -0.2) is 11.6 Å². The third kappa shape index (κ3) is 3.44. The molecule has 0 saturated heterocycles. The molecule has 0 amide bonds. The normalized spacial score (nSPS) is 10.5. The molecule has 3 rings (SSSR count). The second-order valence-electron chi connectivity index (χ2n) is 5.01. The molecule has 3 aromatic rings. The Morgan fingerprint density at radius 2 is 2.00 bits per heavy atom. The number of benzene rings is 2. The van der Waals surface area contributed by atoms with Crippen LogP contribution in [0.25, 0.3) is 11.1 Å². The van der Waals surface area contributed by atoms with E-state index in [0.717, 1.165) is 23.3 Å². The number of oxazole rings is 1. The Labute approximate surface area is 129 Å². The Morgan fingerprint density at radius 3 is 2.82 bits per heavy atom. The highest BCUT2D eigenvalue weighted by Gasteiger charge is 2.08. The predicted molar refractivity (Wildman–Crippen MR) is 83.6 cm³/mol. The van der Waals surface area contributed by atoms with Crippen LogP contribution in [0.3, 0.4) is 0 Å². The van der Waals surface area contributed by atoms with Gasteiger partial charge in [-0.2, -0.15) is 5.26 Å². The summed E-state index contributed by atoms with van der Waals surface area (Å²) in [6.07, 6.45) is 1.91. The summed E-state index contributed by atoms with van der Waals surface area (Å²) in [5.41, 5.74) is 2.72. The maximum atomic E-state index is 8.50. The van der Waals surface area contributed by atoms with Gasteiger partial charge in [0.15, 0.2) is 11.5 Å². The van der Waals surface area contributed by atoms with Crippen LogP contribution >= 0.6 is 0 Å². The van der Waals surface area contributed by atoms with Gasteiger partial charge in [-0.05, 0) is 24.1 Å². The second kappa shape index (κ2) is 6.77. The summed E-state index contributed by atoms with van der Waals surface area (Å²) in [7, 11) is 0. The van der Waals surface area contributed by atoms with E-state index in [9.17, 15) is 0 Å². The third-order valence-electron chi connectivity index (χ3n) is 3.30. The molecule has 0 bridgehead atoms. The fourth-order valence-electron chi connectivity index (χ4n) is 2.23. The minimum Gasteiger partial charge on any atom is -0.493 e. The lowest BCUT2D eigenvalue weighted by molar-refractivity contribution is 0.312. The van der Waals surface area contributed by atoms with E-state index in [1.165, 1.54) is 5.56 Å². The summed E-state index contributed by atoms with van der Waals surface area (Å²) < 4.78 is 11.4. The zero-order valence-electron chi connectivity index (χ0n) is 12.2. The second-order valence-corrected chi connectivity index (χ2v) is 5.01. The Balaban J connectivity index is 1.71. The predicted octanol–water partition coefficient (Wildman–Crippen LogP) is 4.10. The van der Waals surface area contributed by atoms with Crippen LogP contribution < -0.4 is 4.74 Å². The zero-order valence-corrected chi connectivity index (χ0v) is 12.2. The van der Waals surface area contributed by atoms with E-state index in [4.69, 9.17) is 14.4 Å². The lowest BCUT2D eigenvalue weighted by atomic mass is 10.1. The van der Waals surface area contributed by atoms with Gasteiger partial charge in [0.2, 0.25) is 0 Å². The zero-order chi connectivity index (χ0) is 15.2. The molecule has 0 radical (unpaired) electrons. The number of rotatable bonds is 6. The molecule has 0 atom stereocenters. The van der Waals surface area contributed by atoms with Crippen LogP contribution in [0.15, 0.2) is 52.9 Å². The van der Waals surface area contributed by atoms with Gasteiger partial charge in [0.25, 0.3) is 0 Å². The molecule has 4 nitrogen and oxygen atoms in total. The van der Waals surface area contributed by atoms with E-state index in [1.54, 1.807) is 0 Å². The molecule has 1 aromatic heterocycles. The average molecular weight is 292 g/mol. The number of aromatic nitrogens is 1.